The Labute approximate surface area is 132 Å². The minimum atomic E-state index is -0.105. The van der Waals surface area contributed by atoms with Gasteiger partial charge in [0, 0.05) is 17.2 Å². The van der Waals surface area contributed by atoms with Crippen LogP contribution in [0.15, 0.2) is 29.2 Å². The molecule has 116 valence electrons. The van der Waals surface area contributed by atoms with E-state index in [9.17, 15) is 4.79 Å². The van der Waals surface area contributed by atoms with Crippen LogP contribution in [0.1, 0.15) is 45.2 Å². The summed E-state index contributed by atoms with van der Waals surface area (Å²) in [6.07, 6.45) is 1.80. The second-order valence-electron chi connectivity index (χ2n) is 6.93. The van der Waals surface area contributed by atoms with Crippen LogP contribution < -0.4 is 11.1 Å². The molecule has 1 amide bonds. The van der Waals surface area contributed by atoms with Crippen molar-refractivity contribution in [2.75, 3.05) is 12.3 Å². The van der Waals surface area contributed by atoms with Crippen LogP contribution >= 0.6 is 11.8 Å². The molecule has 2 atom stereocenters. The molecule has 0 spiro atoms. The molecule has 2 unspecified atom stereocenters. The number of carbonyl (C=O) groups is 1. The van der Waals surface area contributed by atoms with E-state index in [4.69, 9.17) is 5.73 Å². The van der Waals surface area contributed by atoms with Crippen LogP contribution in [0.5, 0.6) is 0 Å². The zero-order valence-corrected chi connectivity index (χ0v) is 14.0. The van der Waals surface area contributed by atoms with Gasteiger partial charge in [-0.25, -0.2) is 0 Å². The van der Waals surface area contributed by atoms with E-state index in [0.29, 0.717) is 6.54 Å². The maximum atomic E-state index is 12.5. The predicted octanol–water partition coefficient (Wildman–Crippen LogP) is 3.35. The van der Waals surface area contributed by atoms with E-state index >= 15 is 0 Å². The summed E-state index contributed by atoms with van der Waals surface area (Å²) in [5.41, 5.74) is 7.17. The lowest BCUT2D eigenvalue weighted by Gasteiger charge is -2.29. The Morgan fingerprint density at radius 2 is 2.14 bits per heavy atom. The highest BCUT2D eigenvalue weighted by atomic mass is 32.2. The molecule has 2 rings (SSSR count). The molecule has 0 radical (unpaired) electrons. The Bertz CT molecular complexity index is 496. The number of benzene rings is 1. The lowest BCUT2D eigenvalue weighted by Crippen LogP contribution is -2.39. The van der Waals surface area contributed by atoms with Gasteiger partial charge in [-0.1, -0.05) is 39.0 Å². The number of nitrogens with two attached hydrogens (primary N) is 1. The average molecular weight is 306 g/mol. The number of fused-ring (bicyclic) bond motifs is 1. The van der Waals surface area contributed by atoms with Gasteiger partial charge in [-0.15, -0.1) is 11.8 Å². The molecule has 0 saturated carbocycles. The maximum absolute atomic E-state index is 12.5. The summed E-state index contributed by atoms with van der Waals surface area (Å²) < 4.78 is 0. The van der Waals surface area contributed by atoms with Gasteiger partial charge in [0.25, 0.3) is 0 Å². The zero-order chi connectivity index (χ0) is 15.5. The van der Waals surface area contributed by atoms with E-state index in [1.54, 1.807) is 0 Å². The molecule has 0 saturated heterocycles. The highest BCUT2D eigenvalue weighted by Gasteiger charge is 2.27. The van der Waals surface area contributed by atoms with Gasteiger partial charge in [-0.3, -0.25) is 4.79 Å². The Balaban J connectivity index is 2.06. The van der Waals surface area contributed by atoms with Crippen LogP contribution in [0, 0.1) is 11.3 Å². The molecule has 3 N–H and O–H groups in total. The zero-order valence-electron chi connectivity index (χ0n) is 13.2. The summed E-state index contributed by atoms with van der Waals surface area (Å²) in [4.78, 5) is 13.8. The van der Waals surface area contributed by atoms with Crippen LogP contribution in [0.4, 0.5) is 0 Å². The number of hydrogen-bond acceptors (Lipinski definition) is 3. The van der Waals surface area contributed by atoms with E-state index in [1.165, 1.54) is 10.5 Å². The highest BCUT2D eigenvalue weighted by molar-refractivity contribution is 7.99. The summed E-state index contributed by atoms with van der Waals surface area (Å²) in [5.74, 6) is 1.04. The SMILES string of the molecule is CC(C)(C)CC(CN)C(=O)NC1CCSc2ccccc21. The number of nitrogens with one attached hydrogen (secondary N) is 1. The fourth-order valence-corrected chi connectivity index (χ4v) is 3.93. The van der Waals surface area contributed by atoms with E-state index in [1.807, 2.05) is 17.8 Å². The molecule has 1 aromatic carbocycles. The Kier molecular flexibility index (Phi) is 5.33. The molecule has 1 aromatic rings. The second kappa shape index (κ2) is 6.84. The van der Waals surface area contributed by atoms with Crippen LogP contribution in [0.2, 0.25) is 0 Å². The van der Waals surface area contributed by atoms with Gasteiger partial charge in [0.15, 0.2) is 0 Å². The van der Waals surface area contributed by atoms with Crippen molar-refractivity contribution in [3.8, 4) is 0 Å². The number of hydrogen-bond donors (Lipinski definition) is 2. The third-order valence-electron chi connectivity index (χ3n) is 3.79. The average Bonchev–Trinajstić information content (AvgIpc) is 2.44. The van der Waals surface area contributed by atoms with Crippen molar-refractivity contribution >= 4 is 17.7 Å². The van der Waals surface area contributed by atoms with Crippen molar-refractivity contribution in [1.29, 1.82) is 0 Å². The maximum Gasteiger partial charge on any atom is 0.224 e. The van der Waals surface area contributed by atoms with Crippen molar-refractivity contribution in [3.05, 3.63) is 29.8 Å². The summed E-state index contributed by atoms with van der Waals surface area (Å²) in [5, 5.41) is 3.22. The van der Waals surface area contributed by atoms with Crippen molar-refractivity contribution in [2.24, 2.45) is 17.1 Å². The third kappa shape index (κ3) is 4.48. The Morgan fingerprint density at radius 1 is 1.43 bits per heavy atom. The van der Waals surface area contributed by atoms with E-state index in [0.717, 1.165) is 18.6 Å². The van der Waals surface area contributed by atoms with Crippen molar-refractivity contribution in [3.63, 3.8) is 0 Å². The molecule has 21 heavy (non-hydrogen) atoms. The number of carbonyl (C=O) groups excluding carboxylic acids is 1. The smallest absolute Gasteiger partial charge is 0.224 e. The van der Waals surface area contributed by atoms with Crippen molar-refractivity contribution in [2.45, 2.75) is 44.6 Å². The summed E-state index contributed by atoms with van der Waals surface area (Å²) in [6.45, 7) is 6.85. The van der Waals surface area contributed by atoms with Gasteiger partial charge in [0.05, 0.1) is 12.0 Å². The largest absolute Gasteiger partial charge is 0.349 e. The minimum absolute atomic E-state index is 0.0964. The molecule has 4 heteroatoms. The highest BCUT2D eigenvalue weighted by Crippen LogP contribution is 2.36. The van der Waals surface area contributed by atoms with Crippen molar-refractivity contribution in [1.82, 2.24) is 5.32 Å². The van der Waals surface area contributed by atoms with Gasteiger partial charge in [0.2, 0.25) is 5.91 Å². The van der Waals surface area contributed by atoms with Crippen LogP contribution in [-0.2, 0) is 4.79 Å². The molecular formula is C17H26N2OS. The van der Waals surface area contributed by atoms with Crippen LogP contribution in [0.3, 0.4) is 0 Å². The lowest BCUT2D eigenvalue weighted by molar-refractivity contribution is -0.126. The monoisotopic (exact) mass is 306 g/mol. The molecular weight excluding hydrogens is 280 g/mol. The first-order chi connectivity index (χ1) is 9.90. The normalized spacial score (nSPS) is 19.7. The quantitative estimate of drug-likeness (QED) is 0.897. The third-order valence-corrected chi connectivity index (χ3v) is 4.91. The summed E-state index contributed by atoms with van der Waals surface area (Å²) >= 11 is 1.87. The van der Waals surface area contributed by atoms with Crippen molar-refractivity contribution < 1.29 is 4.79 Å². The summed E-state index contributed by atoms with van der Waals surface area (Å²) in [7, 11) is 0. The second-order valence-corrected chi connectivity index (χ2v) is 8.07. The standard InChI is InChI=1S/C17H26N2OS/c1-17(2,3)10-12(11-18)16(20)19-14-8-9-21-15-7-5-4-6-13(14)15/h4-7,12,14H,8-11,18H2,1-3H3,(H,19,20). The van der Waals surface area contributed by atoms with Crippen LogP contribution in [0.25, 0.3) is 0 Å². The number of rotatable bonds is 4. The molecule has 1 heterocycles. The van der Waals surface area contributed by atoms with Gasteiger partial charge in [-0.05, 0) is 29.9 Å². The topological polar surface area (TPSA) is 55.1 Å². The Hall–Kier alpha value is -1.00. The lowest BCUT2D eigenvalue weighted by atomic mass is 9.84. The molecule has 1 aliphatic rings. The predicted molar refractivity (Wildman–Crippen MR) is 89.3 cm³/mol. The van der Waals surface area contributed by atoms with E-state index in [2.05, 4.69) is 44.3 Å². The molecule has 1 aliphatic heterocycles. The molecule has 3 nitrogen and oxygen atoms in total. The van der Waals surface area contributed by atoms with Gasteiger partial charge >= 0.3 is 0 Å². The first kappa shape index (κ1) is 16.4. The molecule has 0 aromatic heterocycles. The van der Waals surface area contributed by atoms with E-state index < -0.39 is 0 Å². The molecule has 0 bridgehead atoms. The fourth-order valence-electron chi connectivity index (χ4n) is 2.80. The van der Waals surface area contributed by atoms with Gasteiger partial charge in [0.1, 0.15) is 0 Å². The van der Waals surface area contributed by atoms with E-state index in [-0.39, 0.29) is 23.3 Å². The van der Waals surface area contributed by atoms with Crippen LogP contribution in [-0.4, -0.2) is 18.2 Å². The fraction of sp³-hybridized carbons (Fsp3) is 0.588. The summed E-state index contributed by atoms with van der Waals surface area (Å²) in [6, 6.07) is 8.48. The number of thioether (sulfide) groups is 1. The molecule has 0 aliphatic carbocycles. The first-order valence-electron chi connectivity index (χ1n) is 7.63. The van der Waals surface area contributed by atoms with Gasteiger partial charge < -0.3 is 11.1 Å². The van der Waals surface area contributed by atoms with Gasteiger partial charge in [-0.2, -0.15) is 0 Å². The Morgan fingerprint density at radius 3 is 2.81 bits per heavy atom. The first-order valence-corrected chi connectivity index (χ1v) is 8.61. The molecule has 0 fully saturated rings. The number of amides is 1. The minimum Gasteiger partial charge on any atom is -0.349 e.